The van der Waals surface area contributed by atoms with Gasteiger partial charge in [0.05, 0.1) is 30.0 Å². The zero-order chi connectivity index (χ0) is 19.1. The fourth-order valence-corrected chi connectivity index (χ4v) is 4.34. The summed E-state index contributed by atoms with van der Waals surface area (Å²) in [7, 11) is 1.63. The molecule has 2 aromatic heterocycles. The van der Waals surface area contributed by atoms with E-state index in [9.17, 15) is 4.79 Å². The topological polar surface area (TPSA) is 64.4 Å². The van der Waals surface area contributed by atoms with Crippen molar-refractivity contribution in [3.8, 4) is 5.75 Å². The first kappa shape index (κ1) is 16.8. The number of furan rings is 1. The number of aromatic nitrogens is 1. The summed E-state index contributed by atoms with van der Waals surface area (Å²) in [4.78, 5) is 17.1. The van der Waals surface area contributed by atoms with Gasteiger partial charge in [-0.2, -0.15) is 0 Å². The number of rotatable bonds is 4. The fourth-order valence-electron chi connectivity index (χ4n) is 3.43. The molecule has 0 spiro atoms. The van der Waals surface area contributed by atoms with Crippen molar-refractivity contribution in [3.63, 3.8) is 0 Å². The maximum atomic E-state index is 12.6. The average molecular weight is 388 g/mol. The third-order valence-electron chi connectivity index (χ3n) is 4.73. The highest BCUT2D eigenvalue weighted by Gasteiger charge is 2.15. The summed E-state index contributed by atoms with van der Waals surface area (Å²) in [5, 5.41) is 6.68. The van der Waals surface area contributed by atoms with Gasteiger partial charge in [-0.1, -0.05) is 41.7 Å². The number of thiazole rings is 1. The summed E-state index contributed by atoms with van der Waals surface area (Å²) in [6, 6.07) is 17.7. The molecule has 1 amide bonds. The van der Waals surface area contributed by atoms with Crippen molar-refractivity contribution in [1.29, 1.82) is 0 Å². The molecule has 5 rings (SSSR count). The molecule has 5 nitrogen and oxygen atoms in total. The second-order valence-electron chi connectivity index (χ2n) is 6.50. The molecule has 0 radical (unpaired) electrons. The van der Waals surface area contributed by atoms with Gasteiger partial charge >= 0.3 is 0 Å². The van der Waals surface area contributed by atoms with Crippen molar-refractivity contribution in [2.45, 2.75) is 6.42 Å². The lowest BCUT2D eigenvalue weighted by Gasteiger charge is -2.03. The van der Waals surface area contributed by atoms with Crippen LogP contribution in [0.5, 0.6) is 5.75 Å². The first-order chi connectivity index (χ1) is 13.7. The Hall–Kier alpha value is -3.38. The summed E-state index contributed by atoms with van der Waals surface area (Å²) in [6.45, 7) is 0. The second kappa shape index (κ2) is 6.65. The maximum absolute atomic E-state index is 12.6. The number of anilines is 1. The number of ether oxygens (including phenoxy) is 1. The Bertz CT molecular complexity index is 1340. The number of nitrogens with one attached hydrogen (secondary N) is 1. The van der Waals surface area contributed by atoms with E-state index in [1.54, 1.807) is 13.4 Å². The number of hydrogen-bond donors (Lipinski definition) is 1. The molecule has 138 valence electrons. The Morgan fingerprint density at radius 3 is 2.96 bits per heavy atom. The first-order valence-electron chi connectivity index (χ1n) is 8.83. The van der Waals surface area contributed by atoms with E-state index in [0.717, 1.165) is 43.3 Å². The van der Waals surface area contributed by atoms with Gasteiger partial charge in [-0.25, -0.2) is 4.98 Å². The third kappa shape index (κ3) is 2.88. The lowest BCUT2D eigenvalue weighted by molar-refractivity contribution is -0.115. The van der Waals surface area contributed by atoms with Crippen molar-refractivity contribution >= 4 is 54.3 Å². The molecule has 3 aromatic carbocycles. The number of hydrogen-bond acceptors (Lipinski definition) is 5. The zero-order valence-corrected chi connectivity index (χ0v) is 15.9. The lowest BCUT2D eigenvalue weighted by Crippen LogP contribution is -2.13. The molecule has 0 unspecified atom stereocenters. The monoisotopic (exact) mass is 388 g/mol. The second-order valence-corrected chi connectivity index (χ2v) is 7.53. The van der Waals surface area contributed by atoms with Crippen molar-refractivity contribution < 1.29 is 13.9 Å². The molecule has 28 heavy (non-hydrogen) atoms. The summed E-state index contributed by atoms with van der Waals surface area (Å²) < 4.78 is 11.9. The Labute approximate surface area is 164 Å². The minimum absolute atomic E-state index is 0.123. The smallest absolute Gasteiger partial charge is 0.230 e. The Morgan fingerprint density at radius 1 is 1.18 bits per heavy atom. The predicted octanol–water partition coefficient (Wildman–Crippen LogP) is 5.39. The standard InChI is InChI=1S/C22H16N2O3S/c1-26-15-7-8-17-19(11-15)28-22(23-17)24-20(25)10-14-12-27-18-9-6-13-4-2-3-5-16(13)21(14)18/h2-9,11-12H,10H2,1H3,(H,23,24,25). The van der Waals surface area contributed by atoms with E-state index in [-0.39, 0.29) is 12.3 Å². The van der Waals surface area contributed by atoms with Gasteiger partial charge in [0.25, 0.3) is 0 Å². The fraction of sp³-hybridized carbons (Fsp3) is 0.0909. The van der Waals surface area contributed by atoms with Gasteiger partial charge < -0.3 is 14.5 Å². The highest BCUT2D eigenvalue weighted by molar-refractivity contribution is 7.22. The summed E-state index contributed by atoms with van der Waals surface area (Å²) in [5.74, 6) is 0.646. The van der Waals surface area contributed by atoms with Crippen LogP contribution in [0.3, 0.4) is 0 Å². The van der Waals surface area contributed by atoms with Crippen molar-refractivity contribution in [2.75, 3.05) is 12.4 Å². The van der Waals surface area contributed by atoms with Gasteiger partial charge in [0.15, 0.2) is 5.13 Å². The summed E-state index contributed by atoms with van der Waals surface area (Å²) in [6.07, 6.45) is 1.89. The van der Waals surface area contributed by atoms with Crippen LogP contribution in [-0.4, -0.2) is 18.0 Å². The van der Waals surface area contributed by atoms with Crippen LogP contribution in [0.25, 0.3) is 32.0 Å². The van der Waals surface area contributed by atoms with Crippen molar-refractivity contribution in [1.82, 2.24) is 4.98 Å². The number of methoxy groups -OCH3 is 1. The third-order valence-corrected chi connectivity index (χ3v) is 5.67. The van der Waals surface area contributed by atoms with Crippen LogP contribution < -0.4 is 10.1 Å². The van der Waals surface area contributed by atoms with Crippen LogP contribution >= 0.6 is 11.3 Å². The highest BCUT2D eigenvalue weighted by atomic mass is 32.1. The van der Waals surface area contributed by atoms with Gasteiger partial charge in [-0.3, -0.25) is 4.79 Å². The molecular weight excluding hydrogens is 372 g/mol. The average Bonchev–Trinajstić information content (AvgIpc) is 3.30. The molecule has 0 bridgehead atoms. The quantitative estimate of drug-likeness (QED) is 0.449. The lowest BCUT2D eigenvalue weighted by atomic mass is 10.0. The number of carbonyl (C=O) groups excluding carboxylic acids is 1. The molecule has 0 aliphatic carbocycles. The maximum Gasteiger partial charge on any atom is 0.230 e. The molecule has 0 atom stereocenters. The molecule has 6 heteroatoms. The number of benzene rings is 3. The van der Waals surface area contributed by atoms with Gasteiger partial charge in [-0.15, -0.1) is 0 Å². The Balaban J connectivity index is 1.43. The highest BCUT2D eigenvalue weighted by Crippen LogP contribution is 2.31. The van der Waals surface area contributed by atoms with E-state index in [2.05, 4.69) is 22.4 Å². The van der Waals surface area contributed by atoms with E-state index >= 15 is 0 Å². The normalized spacial score (nSPS) is 11.3. The van der Waals surface area contributed by atoms with Gasteiger partial charge in [-0.05, 0) is 35.0 Å². The molecule has 1 N–H and O–H groups in total. The summed E-state index contributed by atoms with van der Waals surface area (Å²) >= 11 is 1.43. The molecule has 0 aliphatic heterocycles. The van der Waals surface area contributed by atoms with Crippen LogP contribution in [0.2, 0.25) is 0 Å². The molecule has 0 saturated carbocycles. The number of fused-ring (bicyclic) bond motifs is 4. The number of nitrogens with zero attached hydrogens (tertiary/aromatic N) is 1. The first-order valence-corrected chi connectivity index (χ1v) is 9.65. The Morgan fingerprint density at radius 2 is 2.07 bits per heavy atom. The van der Waals surface area contributed by atoms with Crippen LogP contribution in [0.1, 0.15) is 5.56 Å². The van der Waals surface area contributed by atoms with E-state index in [4.69, 9.17) is 9.15 Å². The van der Waals surface area contributed by atoms with Crippen LogP contribution in [0.4, 0.5) is 5.13 Å². The summed E-state index contributed by atoms with van der Waals surface area (Å²) in [5.41, 5.74) is 2.49. The minimum Gasteiger partial charge on any atom is -0.497 e. The van der Waals surface area contributed by atoms with E-state index in [1.165, 1.54) is 11.3 Å². The van der Waals surface area contributed by atoms with Crippen molar-refractivity contribution in [2.24, 2.45) is 0 Å². The van der Waals surface area contributed by atoms with Gasteiger partial charge in [0.1, 0.15) is 11.3 Å². The number of amides is 1. The zero-order valence-electron chi connectivity index (χ0n) is 15.1. The molecule has 0 aliphatic rings. The number of carbonyl (C=O) groups is 1. The Kier molecular flexibility index (Phi) is 3.98. The molecule has 5 aromatic rings. The molecular formula is C22H16N2O3S. The molecule has 0 saturated heterocycles. The minimum atomic E-state index is -0.123. The van der Waals surface area contributed by atoms with Crippen LogP contribution in [0.15, 0.2) is 65.3 Å². The molecule has 2 heterocycles. The molecule has 0 fully saturated rings. The van der Waals surface area contributed by atoms with E-state index in [1.807, 2.05) is 42.5 Å². The SMILES string of the molecule is COc1ccc2nc(NC(=O)Cc3coc4ccc5ccccc5c34)sc2c1. The largest absolute Gasteiger partial charge is 0.497 e. The van der Waals surface area contributed by atoms with Gasteiger partial charge in [0.2, 0.25) is 5.91 Å². The predicted molar refractivity (Wildman–Crippen MR) is 112 cm³/mol. The van der Waals surface area contributed by atoms with E-state index in [0.29, 0.717) is 5.13 Å². The van der Waals surface area contributed by atoms with E-state index < -0.39 is 0 Å². The van der Waals surface area contributed by atoms with Crippen molar-refractivity contribution in [3.05, 3.63) is 66.4 Å². The van der Waals surface area contributed by atoms with Crippen LogP contribution in [0, 0.1) is 0 Å². The van der Waals surface area contributed by atoms with Gasteiger partial charge in [0, 0.05) is 10.9 Å². The van der Waals surface area contributed by atoms with Crippen LogP contribution in [-0.2, 0) is 11.2 Å².